The number of benzene rings is 1. The van der Waals surface area contributed by atoms with Crippen molar-refractivity contribution in [3.8, 4) is 0 Å². The highest BCUT2D eigenvalue weighted by Gasteiger charge is 2.60. The van der Waals surface area contributed by atoms with Gasteiger partial charge in [0, 0.05) is 30.5 Å². The van der Waals surface area contributed by atoms with E-state index in [0.29, 0.717) is 34.5 Å². The van der Waals surface area contributed by atoms with Crippen molar-refractivity contribution in [2.45, 2.75) is 63.4 Å². The monoisotopic (exact) mass is 475 g/mol. The molecule has 0 unspecified atom stereocenters. The Balaban J connectivity index is 1.20. The number of pyridine rings is 1. The number of fused-ring (bicyclic) bond motifs is 2. The van der Waals surface area contributed by atoms with Crippen molar-refractivity contribution in [3.63, 3.8) is 0 Å². The fourth-order valence-electron chi connectivity index (χ4n) is 5.52. The van der Waals surface area contributed by atoms with Gasteiger partial charge in [0.05, 0.1) is 17.8 Å². The Morgan fingerprint density at radius 3 is 2.71 bits per heavy atom. The van der Waals surface area contributed by atoms with Gasteiger partial charge >= 0.3 is 0 Å². The van der Waals surface area contributed by atoms with Crippen LogP contribution in [0.15, 0.2) is 42.6 Å². The maximum atomic E-state index is 15.3. The molecule has 8 nitrogen and oxygen atoms in total. The zero-order valence-corrected chi connectivity index (χ0v) is 19.6. The summed E-state index contributed by atoms with van der Waals surface area (Å²) in [6.45, 7) is 3.18. The summed E-state index contributed by atoms with van der Waals surface area (Å²) in [5.74, 6) is -0.437. The van der Waals surface area contributed by atoms with E-state index in [2.05, 4.69) is 15.4 Å². The van der Waals surface area contributed by atoms with Gasteiger partial charge in [-0.1, -0.05) is 30.3 Å². The van der Waals surface area contributed by atoms with Crippen LogP contribution in [0.1, 0.15) is 47.9 Å². The maximum Gasteiger partial charge on any atom is 0.245 e. The van der Waals surface area contributed by atoms with E-state index < -0.39 is 17.8 Å². The van der Waals surface area contributed by atoms with Gasteiger partial charge in [-0.15, -0.1) is 0 Å². The molecule has 3 aromatic rings. The third kappa shape index (κ3) is 3.61. The molecule has 1 aromatic carbocycles. The number of ketones is 1. The van der Waals surface area contributed by atoms with Crippen LogP contribution in [0.3, 0.4) is 0 Å². The number of rotatable bonds is 6. The number of alkyl halides is 1. The molecule has 3 fully saturated rings. The highest BCUT2D eigenvalue weighted by atomic mass is 19.1. The fraction of sp³-hybridized carbons (Fsp3) is 0.423. The highest BCUT2D eigenvalue weighted by molar-refractivity contribution is 6.05. The number of nitrogens with one attached hydrogen (secondary N) is 1. The third-order valence-electron chi connectivity index (χ3n) is 7.55. The molecule has 0 spiro atoms. The second-order valence-corrected chi connectivity index (χ2v) is 10.0. The van der Waals surface area contributed by atoms with Crippen molar-refractivity contribution >= 4 is 28.5 Å². The molecule has 0 radical (unpaired) electrons. The average molecular weight is 476 g/mol. The lowest BCUT2D eigenvalue weighted by Gasteiger charge is -2.27. The van der Waals surface area contributed by atoms with Crippen LogP contribution < -0.4 is 5.32 Å². The van der Waals surface area contributed by atoms with Gasteiger partial charge < -0.3 is 10.2 Å². The number of hydrogen-bond donors (Lipinski definition) is 1. The first-order chi connectivity index (χ1) is 16.8. The van der Waals surface area contributed by atoms with Crippen molar-refractivity contribution in [1.82, 2.24) is 25.0 Å². The summed E-state index contributed by atoms with van der Waals surface area (Å²) in [6.07, 6.45) is 3.30. The highest BCUT2D eigenvalue weighted by Crippen LogP contribution is 2.51. The Morgan fingerprint density at radius 2 is 1.97 bits per heavy atom. The molecule has 2 saturated carbocycles. The number of carbonyl (C=O) groups is 3. The van der Waals surface area contributed by atoms with Gasteiger partial charge in [0.25, 0.3) is 0 Å². The summed E-state index contributed by atoms with van der Waals surface area (Å²) < 4.78 is 16.8. The second-order valence-electron chi connectivity index (χ2n) is 10.0. The van der Waals surface area contributed by atoms with Gasteiger partial charge in [0.15, 0.2) is 11.5 Å². The number of aryl methyl sites for hydroxylation is 1. The Hall–Kier alpha value is -3.62. The van der Waals surface area contributed by atoms with Gasteiger partial charge in [0.1, 0.15) is 18.3 Å². The molecule has 0 bridgehead atoms. The van der Waals surface area contributed by atoms with Crippen molar-refractivity contribution in [1.29, 1.82) is 0 Å². The Labute approximate surface area is 201 Å². The van der Waals surface area contributed by atoms with E-state index in [9.17, 15) is 14.4 Å². The number of piperidine rings is 1. The molecule has 35 heavy (non-hydrogen) atoms. The maximum absolute atomic E-state index is 15.3. The Morgan fingerprint density at radius 1 is 1.20 bits per heavy atom. The van der Waals surface area contributed by atoms with Crippen LogP contribution in [0.2, 0.25) is 0 Å². The van der Waals surface area contributed by atoms with Crippen LogP contribution >= 0.6 is 0 Å². The van der Waals surface area contributed by atoms with Crippen LogP contribution in [0.25, 0.3) is 10.9 Å². The van der Waals surface area contributed by atoms with Crippen LogP contribution in [-0.4, -0.2) is 55.4 Å². The molecule has 9 heteroatoms. The molecule has 1 N–H and O–H groups in total. The average Bonchev–Trinajstić information content (AvgIpc) is 3.65. The van der Waals surface area contributed by atoms with Crippen LogP contribution in [0, 0.1) is 12.8 Å². The molecule has 1 aliphatic heterocycles. The predicted molar refractivity (Wildman–Crippen MR) is 125 cm³/mol. The normalized spacial score (nSPS) is 28.6. The predicted octanol–water partition coefficient (Wildman–Crippen LogP) is 2.69. The summed E-state index contributed by atoms with van der Waals surface area (Å²) >= 11 is 0. The minimum atomic E-state index is -1.56. The molecule has 3 aliphatic rings. The molecule has 2 aromatic heterocycles. The molecular weight excluding hydrogens is 449 g/mol. The van der Waals surface area contributed by atoms with E-state index in [1.54, 1.807) is 41.4 Å². The number of likely N-dealkylation sites (tertiary alicyclic amines) is 1. The molecular formula is C26H26FN5O3. The first-order valence-corrected chi connectivity index (χ1v) is 12.0. The fourth-order valence-corrected chi connectivity index (χ4v) is 5.52. The number of Topliss-reactive ketones (excluding diaryl/α,β-unsaturated/α-hetero) is 1. The molecule has 3 heterocycles. The van der Waals surface area contributed by atoms with Crippen molar-refractivity contribution in [2.24, 2.45) is 5.92 Å². The van der Waals surface area contributed by atoms with Crippen molar-refractivity contribution in [3.05, 3.63) is 59.5 Å². The number of aromatic nitrogens is 3. The van der Waals surface area contributed by atoms with Gasteiger partial charge in [-0.25, -0.2) is 4.39 Å². The number of nitrogens with zero attached hydrogens (tertiary/aromatic N) is 4. The molecule has 2 aliphatic carbocycles. The van der Waals surface area contributed by atoms with Gasteiger partial charge in [0.2, 0.25) is 11.8 Å². The Kier molecular flexibility index (Phi) is 4.81. The molecule has 2 amide bonds. The lowest BCUT2D eigenvalue weighted by molar-refractivity contribution is -0.140. The largest absolute Gasteiger partial charge is 0.348 e. The number of carbonyl (C=O) groups excluding carboxylic acids is 3. The Bertz CT molecular complexity index is 1370. The van der Waals surface area contributed by atoms with Gasteiger partial charge in [-0.05, 0) is 37.3 Å². The minimum absolute atomic E-state index is 0.0242. The minimum Gasteiger partial charge on any atom is -0.348 e. The second kappa shape index (κ2) is 7.69. The van der Waals surface area contributed by atoms with Crippen LogP contribution in [0.5, 0.6) is 0 Å². The number of hydrogen-bond acceptors (Lipinski definition) is 5. The molecule has 1 saturated heterocycles. The lowest BCUT2D eigenvalue weighted by Crippen LogP contribution is -2.50. The van der Waals surface area contributed by atoms with E-state index in [0.717, 1.165) is 12.1 Å². The van der Waals surface area contributed by atoms with E-state index in [1.165, 1.54) is 11.6 Å². The first kappa shape index (κ1) is 21.9. The summed E-state index contributed by atoms with van der Waals surface area (Å²) in [7, 11) is 0. The van der Waals surface area contributed by atoms with E-state index in [-0.39, 0.29) is 36.6 Å². The summed E-state index contributed by atoms with van der Waals surface area (Å²) in [5, 5.41) is 7.89. The number of amides is 2. The number of halogens is 1. The van der Waals surface area contributed by atoms with E-state index in [4.69, 9.17) is 0 Å². The van der Waals surface area contributed by atoms with Gasteiger partial charge in [-0.3, -0.25) is 24.0 Å². The summed E-state index contributed by atoms with van der Waals surface area (Å²) in [4.78, 5) is 44.6. The molecule has 6 rings (SSSR count). The van der Waals surface area contributed by atoms with Crippen molar-refractivity contribution in [2.75, 3.05) is 0 Å². The van der Waals surface area contributed by atoms with E-state index in [1.807, 2.05) is 13.0 Å². The molecule has 180 valence electrons. The summed E-state index contributed by atoms with van der Waals surface area (Å²) in [6, 6.07) is 9.45. The lowest BCUT2D eigenvalue weighted by atomic mass is 10.1. The first-order valence-electron chi connectivity index (χ1n) is 12.0. The van der Waals surface area contributed by atoms with Gasteiger partial charge in [-0.2, -0.15) is 5.10 Å². The quantitative estimate of drug-likeness (QED) is 0.553. The van der Waals surface area contributed by atoms with Crippen molar-refractivity contribution < 1.29 is 18.8 Å². The zero-order valence-electron chi connectivity index (χ0n) is 19.6. The summed E-state index contributed by atoms with van der Waals surface area (Å²) in [5.41, 5.74) is 0.651. The topological polar surface area (TPSA) is 97.2 Å². The zero-order chi connectivity index (χ0) is 24.5. The molecule has 5 atom stereocenters. The van der Waals surface area contributed by atoms with E-state index >= 15 is 4.39 Å². The van der Waals surface area contributed by atoms with Crippen LogP contribution in [0.4, 0.5) is 4.39 Å². The smallest absolute Gasteiger partial charge is 0.245 e. The standard InChI is InChI=1S/C26H26FN5O3/c1-14-8-18-21(12-28-14)31(30-24(18)15(2)33)13-23(34)32-19-9-16(19)10-20(32)25(35)29-22-11-26(22,27)17-6-4-3-5-7-17/h3-8,12,16,19-20,22H,9-11,13H2,1-2H3,(H,29,35)/t16-,19-,20+,22+,26-/m1/s1. The van der Waals surface area contributed by atoms with Crippen LogP contribution in [-0.2, 0) is 21.8 Å². The SMILES string of the molecule is CC(=O)c1nn(CC(=O)N2[C@@H]3C[C@@H]3C[C@H]2C(=O)N[C@H]2C[C@@]2(F)c2ccccc2)c2cnc(C)cc12. The third-order valence-corrected chi connectivity index (χ3v) is 7.55.